The van der Waals surface area contributed by atoms with Crippen molar-refractivity contribution < 1.29 is 13.2 Å². The molecule has 112 valence electrons. The molecule has 2 N–H and O–H groups in total. The zero-order valence-electron chi connectivity index (χ0n) is 12.5. The lowest BCUT2D eigenvalue weighted by molar-refractivity contribution is -0.129. The largest absolute Gasteiger partial charge is 0.355 e. The number of hydrogen-bond donors (Lipinski definition) is 4. The van der Waals surface area contributed by atoms with E-state index < -0.39 is 5.92 Å². The first-order valence-electron chi connectivity index (χ1n) is 6.26. The molecule has 0 spiro atoms. The Kier molecular flexibility index (Phi) is 10.5. The topological polar surface area (TPSA) is 67.4 Å². The van der Waals surface area contributed by atoms with Gasteiger partial charge in [0.25, 0.3) is 0 Å². The molecule has 0 heterocycles. The molecule has 0 aromatic carbocycles. The van der Waals surface area contributed by atoms with Gasteiger partial charge in [-0.1, -0.05) is 28.5 Å². The Morgan fingerprint density at radius 1 is 1.47 bits per heavy atom. The fraction of sp³-hybridized carbons (Fsp3) is 0.778. The second-order valence-corrected chi connectivity index (χ2v) is 7.58. The maximum atomic E-state index is 11.8. The summed E-state index contributed by atoms with van der Waals surface area (Å²) in [6.45, 7) is 3.98. The molecule has 0 radical (unpaired) electrons. The Morgan fingerprint density at radius 2 is 2.26 bits per heavy atom. The number of rotatable bonds is 12. The van der Waals surface area contributed by atoms with Gasteiger partial charge in [-0.2, -0.15) is 0 Å². The number of nitrogens with one attached hydrogen (secondary N) is 2. The Hall–Kier alpha value is 0.650. The SMILES string of the molecule is [3H]SOSSCCNC(=O)CC(C)C(=O)NC(C)SS[3H]. The molecule has 10 heteroatoms. The zero-order valence-corrected chi connectivity index (χ0v) is 14.6. The summed E-state index contributed by atoms with van der Waals surface area (Å²) < 4.78 is 18.3. The van der Waals surface area contributed by atoms with Crippen LogP contribution in [0.3, 0.4) is 0 Å². The van der Waals surface area contributed by atoms with E-state index >= 15 is 0 Å². The number of carbonyl (C=O) groups is 2. The molecule has 0 saturated heterocycles. The number of carbonyl (C=O) groups excluding carboxylic acids is 2. The van der Waals surface area contributed by atoms with E-state index in [9.17, 15) is 9.59 Å². The van der Waals surface area contributed by atoms with E-state index in [1.165, 1.54) is 21.6 Å². The molecule has 2 atom stereocenters. The molecule has 0 saturated carbocycles. The smallest absolute Gasteiger partial charge is 0.224 e. The predicted octanol–water partition coefficient (Wildman–Crippen LogP) is 2.33. The van der Waals surface area contributed by atoms with Crippen LogP contribution >= 0.6 is 57.0 Å². The van der Waals surface area contributed by atoms with Gasteiger partial charge in [-0.3, -0.25) is 9.59 Å². The summed E-state index contributed by atoms with van der Waals surface area (Å²) in [4.78, 5) is 23.4. The van der Waals surface area contributed by atoms with Gasteiger partial charge in [0.15, 0.2) is 0 Å². The first kappa shape index (κ1) is 16.0. The normalized spacial score (nSPS) is 15.1. The Balaban J connectivity index is 3.75. The first-order chi connectivity index (χ1) is 10.0. The van der Waals surface area contributed by atoms with Gasteiger partial charge in [-0.15, -0.1) is 11.6 Å². The molecule has 0 bridgehead atoms. The lowest BCUT2D eigenvalue weighted by atomic mass is 10.1. The van der Waals surface area contributed by atoms with Crippen LogP contribution in [0.5, 0.6) is 0 Å². The molecule has 2 amide bonds. The average molecular weight is 367 g/mol. The third kappa shape index (κ3) is 11.0. The molecule has 2 unspecified atom stereocenters. The van der Waals surface area contributed by atoms with Crippen molar-refractivity contribution in [2.45, 2.75) is 25.6 Å². The van der Waals surface area contributed by atoms with Crippen LogP contribution in [-0.4, -0.2) is 31.7 Å². The van der Waals surface area contributed by atoms with E-state index in [0.717, 1.165) is 22.6 Å². The van der Waals surface area contributed by atoms with Gasteiger partial charge in [-0.25, -0.2) is 3.63 Å². The van der Waals surface area contributed by atoms with Gasteiger partial charge in [0.05, 0.1) is 16.4 Å². The predicted molar refractivity (Wildman–Crippen MR) is 91.1 cm³/mol. The Morgan fingerprint density at radius 3 is 2.95 bits per heavy atom. The second-order valence-electron chi connectivity index (χ2n) is 3.66. The van der Waals surface area contributed by atoms with E-state index in [4.69, 9.17) is 2.25 Å². The Labute approximate surface area is 138 Å². The van der Waals surface area contributed by atoms with Crippen molar-refractivity contribution in [3.05, 3.63) is 0 Å². The van der Waals surface area contributed by atoms with Gasteiger partial charge in [0.2, 0.25) is 11.8 Å². The van der Waals surface area contributed by atoms with Crippen molar-refractivity contribution in [2.24, 2.45) is 5.92 Å². The molecule has 0 rings (SSSR count). The molecule has 5 nitrogen and oxygen atoms in total. The van der Waals surface area contributed by atoms with Crippen molar-refractivity contribution >= 4 is 68.9 Å². The summed E-state index contributed by atoms with van der Waals surface area (Å²) in [6.07, 6.45) is 0.133. The van der Waals surface area contributed by atoms with Crippen molar-refractivity contribution in [1.29, 1.82) is 2.25 Å². The number of hydrogen-bond acceptors (Lipinski definition) is 8. The fourth-order valence-corrected chi connectivity index (χ4v) is 2.62. The minimum absolute atomic E-state index is 0.133. The van der Waals surface area contributed by atoms with E-state index in [1.807, 2.05) is 0 Å². The van der Waals surface area contributed by atoms with Crippen LogP contribution in [0.25, 0.3) is 0 Å². The third-order valence-corrected chi connectivity index (χ3v) is 5.26. The van der Waals surface area contributed by atoms with Crippen molar-refractivity contribution in [1.82, 2.24) is 10.6 Å². The van der Waals surface area contributed by atoms with Gasteiger partial charge >= 0.3 is 0 Å². The summed E-state index contributed by atoms with van der Waals surface area (Å²) in [5.74, 6) is -0.112. The highest BCUT2D eigenvalue weighted by Gasteiger charge is 2.18. The minimum atomic E-state index is -0.408. The van der Waals surface area contributed by atoms with Gasteiger partial charge in [-0.05, 0) is 19.7 Å². The van der Waals surface area contributed by atoms with Crippen LogP contribution in [-0.2, 0) is 13.2 Å². The number of thiol groups is 2. The third-order valence-electron chi connectivity index (χ3n) is 2.01. The minimum Gasteiger partial charge on any atom is -0.355 e. The van der Waals surface area contributed by atoms with Crippen molar-refractivity contribution in [3.8, 4) is 0 Å². The van der Waals surface area contributed by atoms with Gasteiger partial charge in [0, 0.05) is 24.6 Å². The Bertz CT molecular complexity index is 317. The average Bonchev–Trinajstić information content (AvgIpc) is 2.42. The summed E-state index contributed by atoms with van der Waals surface area (Å²) in [6, 6.07) is 0. The molecule has 19 heavy (non-hydrogen) atoms. The van der Waals surface area contributed by atoms with E-state index in [-0.39, 0.29) is 23.6 Å². The lowest BCUT2D eigenvalue weighted by Crippen LogP contribution is -2.37. The molecule has 0 fully saturated rings. The zero-order chi connectivity index (χ0) is 16.1. The van der Waals surface area contributed by atoms with Gasteiger partial charge in [0.1, 0.15) is 2.25 Å². The van der Waals surface area contributed by atoms with Crippen molar-refractivity contribution in [2.75, 3.05) is 12.3 Å². The molecular formula is C9H18N2O3S5. The fourth-order valence-electron chi connectivity index (χ4n) is 1.10. The van der Waals surface area contributed by atoms with E-state index in [0.29, 0.717) is 25.1 Å². The maximum Gasteiger partial charge on any atom is 0.224 e. The van der Waals surface area contributed by atoms with Crippen LogP contribution in [0.2, 0.25) is 0 Å². The lowest BCUT2D eigenvalue weighted by Gasteiger charge is -2.15. The van der Waals surface area contributed by atoms with E-state index in [1.54, 1.807) is 13.8 Å². The highest BCUT2D eigenvalue weighted by atomic mass is 33.1. The van der Waals surface area contributed by atoms with Crippen LogP contribution in [0.15, 0.2) is 0 Å². The van der Waals surface area contributed by atoms with E-state index in [2.05, 4.69) is 14.3 Å². The quantitative estimate of drug-likeness (QED) is 0.140. The second kappa shape index (κ2) is 12.4. The van der Waals surface area contributed by atoms with Crippen LogP contribution in [0, 0.1) is 5.92 Å². The van der Waals surface area contributed by atoms with Gasteiger partial charge < -0.3 is 10.6 Å². The molecule has 0 aromatic heterocycles. The highest BCUT2D eigenvalue weighted by molar-refractivity contribution is 8.75. The van der Waals surface area contributed by atoms with Crippen LogP contribution < -0.4 is 10.6 Å². The standard InChI is InChI=1S/C9H18N2O3S5/c1-6(9(13)11-7(2)18-16)5-8(12)10-3-4-17-19-14-15/h6-7,15-16H,3-5H2,1-2H3,(H,10,12)(H,11,13)/i/hT2. The number of amides is 2. The molecule has 0 aromatic rings. The maximum absolute atomic E-state index is 11.8. The summed E-state index contributed by atoms with van der Waals surface area (Å²) in [5.41, 5.74) is 0. The van der Waals surface area contributed by atoms with Crippen LogP contribution in [0.4, 0.5) is 0 Å². The summed E-state index contributed by atoms with van der Waals surface area (Å²) >= 11 is 2.46. The summed E-state index contributed by atoms with van der Waals surface area (Å²) in [7, 11) is 2.63. The molecule has 0 aliphatic carbocycles. The molecule has 0 aliphatic heterocycles. The van der Waals surface area contributed by atoms with Crippen LogP contribution in [0.1, 0.15) is 20.3 Å². The first-order valence-corrected chi connectivity index (χ1v) is 9.83. The summed E-state index contributed by atoms with van der Waals surface area (Å²) in [5, 5.41) is 5.30. The molecular weight excluding hydrogens is 344 g/mol. The molecule has 0 aliphatic rings. The monoisotopic (exact) mass is 366 g/mol. The van der Waals surface area contributed by atoms with Crippen molar-refractivity contribution in [3.63, 3.8) is 0 Å². The highest BCUT2D eigenvalue weighted by Crippen LogP contribution is 2.22.